The summed E-state index contributed by atoms with van der Waals surface area (Å²) in [4.78, 5) is 14.3. The molecule has 108 valence electrons. The molecule has 1 amide bonds. The molecule has 2 aromatic carbocycles. The third kappa shape index (κ3) is 2.74. The fraction of sp³-hybridized carbons (Fsp3) is 0.235. The first-order valence-electron chi connectivity index (χ1n) is 6.94. The molecule has 0 aliphatic carbocycles. The number of halogens is 1. The Labute approximate surface area is 129 Å². The Morgan fingerprint density at radius 1 is 1.24 bits per heavy atom. The highest BCUT2D eigenvalue weighted by atomic mass is 35.5. The summed E-state index contributed by atoms with van der Waals surface area (Å²) < 4.78 is 5.55. The highest BCUT2D eigenvalue weighted by Gasteiger charge is 2.30. The van der Waals surface area contributed by atoms with Crippen molar-refractivity contribution in [2.45, 2.75) is 19.4 Å². The summed E-state index contributed by atoms with van der Waals surface area (Å²) in [7, 11) is 0. The maximum absolute atomic E-state index is 12.5. The monoisotopic (exact) mass is 301 g/mol. The van der Waals surface area contributed by atoms with Gasteiger partial charge in [-0.25, -0.2) is 0 Å². The van der Waals surface area contributed by atoms with Crippen LogP contribution in [-0.4, -0.2) is 18.6 Å². The van der Waals surface area contributed by atoms with Gasteiger partial charge in [-0.1, -0.05) is 41.9 Å². The zero-order valence-corrected chi connectivity index (χ0v) is 12.5. The minimum absolute atomic E-state index is 0.0115. The number of carbonyl (C=O) groups is 1. The second-order valence-corrected chi connectivity index (χ2v) is 5.57. The lowest BCUT2D eigenvalue weighted by atomic mass is 10.1. The molecule has 1 aliphatic heterocycles. The molecular formula is C17H16ClNO2. The van der Waals surface area contributed by atoms with Crippen LogP contribution in [0, 0.1) is 0 Å². The molecule has 0 bridgehead atoms. The van der Waals surface area contributed by atoms with Crippen LogP contribution in [0.5, 0.6) is 5.75 Å². The Bertz CT molecular complexity index is 671. The predicted octanol–water partition coefficient (Wildman–Crippen LogP) is 3.70. The van der Waals surface area contributed by atoms with Crippen LogP contribution in [-0.2, 0) is 11.2 Å². The van der Waals surface area contributed by atoms with Gasteiger partial charge in [-0.15, -0.1) is 0 Å². The van der Waals surface area contributed by atoms with E-state index in [4.69, 9.17) is 16.3 Å². The number of carbonyl (C=O) groups excluding carboxylic acids is 1. The lowest BCUT2D eigenvalue weighted by Gasteiger charge is -2.22. The topological polar surface area (TPSA) is 29.5 Å². The Balaban J connectivity index is 1.73. The third-order valence-electron chi connectivity index (χ3n) is 3.66. The molecule has 21 heavy (non-hydrogen) atoms. The van der Waals surface area contributed by atoms with Crippen LogP contribution in [0.3, 0.4) is 0 Å². The van der Waals surface area contributed by atoms with Gasteiger partial charge in [-0.2, -0.15) is 0 Å². The van der Waals surface area contributed by atoms with Crippen molar-refractivity contribution in [2.24, 2.45) is 0 Å². The standard InChI is InChI=1S/C17H16ClNO2/c1-12-10-13-6-2-4-8-15(13)19(12)17(20)11-21-16-9-5-3-7-14(16)18/h2-9,12H,10-11H2,1H3. The summed E-state index contributed by atoms with van der Waals surface area (Å²) in [5, 5.41) is 0.514. The average Bonchev–Trinajstić information content (AvgIpc) is 2.82. The minimum atomic E-state index is -0.0487. The number of hydrogen-bond donors (Lipinski definition) is 0. The van der Waals surface area contributed by atoms with Crippen LogP contribution in [0.2, 0.25) is 5.02 Å². The van der Waals surface area contributed by atoms with Crippen molar-refractivity contribution in [1.82, 2.24) is 0 Å². The normalized spacial score (nSPS) is 16.7. The molecule has 0 radical (unpaired) electrons. The van der Waals surface area contributed by atoms with E-state index in [2.05, 4.69) is 6.07 Å². The molecule has 1 aliphatic rings. The summed E-state index contributed by atoms with van der Waals surface area (Å²) in [5.41, 5.74) is 2.19. The molecule has 3 nitrogen and oxygen atoms in total. The SMILES string of the molecule is CC1Cc2ccccc2N1C(=O)COc1ccccc1Cl. The Morgan fingerprint density at radius 2 is 1.95 bits per heavy atom. The summed E-state index contributed by atoms with van der Waals surface area (Å²) in [5.74, 6) is 0.486. The molecule has 4 heteroatoms. The van der Waals surface area contributed by atoms with E-state index >= 15 is 0 Å². The summed E-state index contributed by atoms with van der Waals surface area (Å²) in [6.45, 7) is 2.04. The fourth-order valence-electron chi connectivity index (χ4n) is 2.72. The van der Waals surface area contributed by atoms with Crippen molar-refractivity contribution in [3.8, 4) is 5.75 Å². The molecule has 0 aromatic heterocycles. The second-order valence-electron chi connectivity index (χ2n) is 5.16. The predicted molar refractivity (Wildman–Crippen MR) is 84.0 cm³/mol. The number of anilines is 1. The Hall–Kier alpha value is -2.00. The lowest BCUT2D eigenvalue weighted by molar-refractivity contribution is -0.120. The van der Waals surface area contributed by atoms with Crippen molar-refractivity contribution in [3.05, 3.63) is 59.1 Å². The molecule has 3 rings (SSSR count). The molecule has 0 spiro atoms. The zero-order chi connectivity index (χ0) is 14.8. The van der Waals surface area contributed by atoms with Gasteiger partial charge in [0.05, 0.1) is 5.02 Å². The molecule has 0 saturated carbocycles. The maximum atomic E-state index is 12.5. The molecule has 0 fully saturated rings. The van der Waals surface area contributed by atoms with Crippen molar-refractivity contribution >= 4 is 23.2 Å². The second kappa shape index (κ2) is 5.78. The quantitative estimate of drug-likeness (QED) is 0.865. The smallest absolute Gasteiger partial charge is 0.265 e. The van der Waals surface area contributed by atoms with Crippen LogP contribution < -0.4 is 9.64 Å². The number of benzene rings is 2. The van der Waals surface area contributed by atoms with E-state index in [0.29, 0.717) is 10.8 Å². The Kier molecular flexibility index (Phi) is 3.84. The molecule has 0 saturated heterocycles. The lowest BCUT2D eigenvalue weighted by Crippen LogP contribution is -2.39. The maximum Gasteiger partial charge on any atom is 0.265 e. The number of rotatable bonds is 3. The zero-order valence-electron chi connectivity index (χ0n) is 11.8. The van der Waals surface area contributed by atoms with E-state index in [-0.39, 0.29) is 18.6 Å². The van der Waals surface area contributed by atoms with Gasteiger partial charge in [0, 0.05) is 11.7 Å². The highest BCUT2D eigenvalue weighted by molar-refractivity contribution is 6.32. The van der Waals surface area contributed by atoms with Crippen molar-refractivity contribution in [1.29, 1.82) is 0 Å². The first-order valence-corrected chi connectivity index (χ1v) is 7.32. The van der Waals surface area contributed by atoms with Crippen molar-refractivity contribution in [2.75, 3.05) is 11.5 Å². The van der Waals surface area contributed by atoms with Crippen LogP contribution in [0.1, 0.15) is 12.5 Å². The number of hydrogen-bond acceptors (Lipinski definition) is 2. The molecule has 1 heterocycles. The van der Waals surface area contributed by atoms with Crippen LogP contribution in [0.4, 0.5) is 5.69 Å². The van der Waals surface area contributed by atoms with E-state index < -0.39 is 0 Å². The van der Waals surface area contributed by atoms with E-state index in [1.807, 2.05) is 42.2 Å². The van der Waals surface area contributed by atoms with Crippen molar-refractivity contribution in [3.63, 3.8) is 0 Å². The third-order valence-corrected chi connectivity index (χ3v) is 3.98. The fourth-order valence-corrected chi connectivity index (χ4v) is 2.91. The first kappa shape index (κ1) is 14.0. The van der Waals surface area contributed by atoms with E-state index in [0.717, 1.165) is 12.1 Å². The molecule has 0 N–H and O–H groups in total. The number of para-hydroxylation sites is 2. The summed E-state index contributed by atoms with van der Waals surface area (Å²) >= 11 is 6.03. The number of ether oxygens (including phenoxy) is 1. The van der Waals surface area contributed by atoms with Gasteiger partial charge in [-0.3, -0.25) is 4.79 Å². The first-order chi connectivity index (χ1) is 10.2. The van der Waals surface area contributed by atoms with E-state index in [1.165, 1.54) is 5.56 Å². The van der Waals surface area contributed by atoms with Gasteiger partial charge >= 0.3 is 0 Å². The van der Waals surface area contributed by atoms with Gasteiger partial charge < -0.3 is 9.64 Å². The molecule has 2 aromatic rings. The van der Waals surface area contributed by atoms with Gasteiger partial charge in [0.2, 0.25) is 0 Å². The summed E-state index contributed by atoms with van der Waals surface area (Å²) in [6, 6.07) is 15.3. The van der Waals surface area contributed by atoms with Gasteiger partial charge in [0.25, 0.3) is 5.91 Å². The highest BCUT2D eigenvalue weighted by Crippen LogP contribution is 2.32. The van der Waals surface area contributed by atoms with Crippen molar-refractivity contribution < 1.29 is 9.53 Å². The largest absolute Gasteiger partial charge is 0.482 e. The van der Waals surface area contributed by atoms with Gasteiger partial charge in [0.15, 0.2) is 6.61 Å². The average molecular weight is 302 g/mol. The van der Waals surface area contributed by atoms with Crippen LogP contribution in [0.15, 0.2) is 48.5 Å². The number of nitrogens with zero attached hydrogens (tertiary/aromatic N) is 1. The van der Waals surface area contributed by atoms with E-state index in [1.54, 1.807) is 12.1 Å². The minimum Gasteiger partial charge on any atom is -0.482 e. The van der Waals surface area contributed by atoms with Gasteiger partial charge in [-0.05, 0) is 37.1 Å². The summed E-state index contributed by atoms with van der Waals surface area (Å²) in [6.07, 6.45) is 0.883. The van der Waals surface area contributed by atoms with E-state index in [9.17, 15) is 4.79 Å². The molecular weight excluding hydrogens is 286 g/mol. The number of fused-ring (bicyclic) bond motifs is 1. The van der Waals surface area contributed by atoms with Gasteiger partial charge in [0.1, 0.15) is 5.75 Å². The number of amides is 1. The molecule has 1 atom stereocenters. The van der Waals surface area contributed by atoms with Crippen LogP contribution >= 0.6 is 11.6 Å². The Morgan fingerprint density at radius 3 is 2.76 bits per heavy atom. The molecule has 1 unspecified atom stereocenters. The van der Waals surface area contributed by atoms with Crippen LogP contribution in [0.25, 0.3) is 0 Å².